The number of ether oxygens (including phenoxy) is 1. The number of hydrogen-bond acceptors (Lipinski definition) is 4. The van der Waals surface area contributed by atoms with E-state index >= 15 is 0 Å². The van der Waals surface area contributed by atoms with E-state index < -0.39 is 0 Å². The highest BCUT2D eigenvalue weighted by Gasteiger charge is 2.26. The largest absolute Gasteiger partial charge is 0.488 e. The summed E-state index contributed by atoms with van der Waals surface area (Å²) >= 11 is 0. The molecular formula is C11H15N3O2. The maximum absolute atomic E-state index is 11.8. The summed E-state index contributed by atoms with van der Waals surface area (Å²) in [5.41, 5.74) is 5.86. The van der Waals surface area contributed by atoms with Crippen LogP contribution in [-0.2, 0) is 0 Å². The lowest BCUT2D eigenvalue weighted by Gasteiger charge is -2.14. The summed E-state index contributed by atoms with van der Waals surface area (Å²) in [7, 11) is 3.35. The summed E-state index contributed by atoms with van der Waals surface area (Å²) in [6.45, 7) is 0. The molecule has 1 aliphatic rings. The quantitative estimate of drug-likeness (QED) is 0.823. The zero-order valence-electron chi connectivity index (χ0n) is 9.43. The van der Waals surface area contributed by atoms with Gasteiger partial charge in [-0.05, 0) is 25.0 Å². The molecule has 2 rings (SSSR count). The molecular weight excluding hydrogens is 206 g/mol. The van der Waals surface area contributed by atoms with Crippen LogP contribution < -0.4 is 10.5 Å². The molecule has 1 heterocycles. The second kappa shape index (κ2) is 4.00. The molecule has 0 unspecified atom stereocenters. The number of pyridine rings is 1. The van der Waals surface area contributed by atoms with Crippen molar-refractivity contribution in [3.05, 3.63) is 17.8 Å². The number of anilines is 1. The number of nitrogens with two attached hydrogens (primary N) is 1. The topological polar surface area (TPSA) is 68.5 Å². The second-order valence-corrected chi connectivity index (χ2v) is 4.10. The number of hydrogen-bond donors (Lipinski definition) is 1. The smallest absolute Gasteiger partial charge is 0.275 e. The van der Waals surface area contributed by atoms with Crippen molar-refractivity contribution in [3.63, 3.8) is 0 Å². The van der Waals surface area contributed by atoms with Crippen molar-refractivity contribution in [2.45, 2.75) is 18.9 Å². The molecule has 1 fully saturated rings. The first-order chi connectivity index (χ1) is 7.58. The molecule has 86 valence electrons. The molecule has 1 aromatic heterocycles. The molecule has 0 aromatic carbocycles. The first-order valence-electron chi connectivity index (χ1n) is 5.23. The number of carbonyl (C=O) groups is 1. The lowest BCUT2D eigenvalue weighted by atomic mass is 10.3. The summed E-state index contributed by atoms with van der Waals surface area (Å²) in [6, 6.07) is 3.35. The summed E-state index contributed by atoms with van der Waals surface area (Å²) in [5, 5.41) is 0. The fourth-order valence-corrected chi connectivity index (χ4v) is 1.29. The van der Waals surface area contributed by atoms with E-state index in [1.165, 1.54) is 4.90 Å². The van der Waals surface area contributed by atoms with Gasteiger partial charge in [0, 0.05) is 14.1 Å². The first-order valence-corrected chi connectivity index (χ1v) is 5.23. The predicted molar refractivity (Wildman–Crippen MR) is 60.3 cm³/mol. The molecule has 0 aliphatic heterocycles. The van der Waals surface area contributed by atoms with E-state index in [2.05, 4.69) is 4.98 Å². The van der Waals surface area contributed by atoms with Crippen LogP contribution in [0.4, 0.5) is 5.82 Å². The van der Waals surface area contributed by atoms with Crippen molar-refractivity contribution in [1.29, 1.82) is 0 Å². The standard InChI is InChI=1S/C11H15N3O2/c1-14(2)11(15)10-8(16-7-3-4-7)5-6-9(12)13-10/h5-7H,3-4H2,1-2H3,(H2,12,13). The van der Waals surface area contributed by atoms with Crippen molar-refractivity contribution in [2.24, 2.45) is 0 Å². The number of aromatic nitrogens is 1. The van der Waals surface area contributed by atoms with Gasteiger partial charge >= 0.3 is 0 Å². The first kappa shape index (κ1) is 10.7. The molecule has 1 amide bonds. The van der Waals surface area contributed by atoms with Crippen molar-refractivity contribution in [2.75, 3.05) is 19.8 Å². The fourth-order valence-electron chi connectivity index (χ4n) is 1.29. The van der Waals surface area contributed by atoms with Crippen molar-refractivity contribution < 1.29 is 9.53 Å². The van der Waals surface area contributed by atoms with Gasteiger partial charge in [0.2, 0.25) is 0 Å². The van der Waals surface area contributed by atoms with Gasteiger partial charge in [-0.1, -0.05) is 0 Å². The van der Waals surface area contributed by atoms with Crippen LogP contribution in [0.2, 0.25) is 0 Å². The highest BCUT2D eigenvalue weighted by molar-refractivity contribution is 5.95. The Labute approximate surface area is 94.2 Å². The molecule has 1 aromatic rings. The Hall–Kier alpha value is -1.78. The third-order valence-electron chi connectivity index (χ3n) is 2.31. The number of rotatable bonds is 3. The molecule has 5 nitrogen and oxygen atoms in total. The molecule has 1 saturated carbocycles. The number of carbonyl (C=O) groups excluding carboxylic acids is 1. The average Bonchev–Trinajstić information content (AvgIpc) is 3.03. The van der Waals surface area contributed by atoms with Crippen LogP contribution in [0.5, 0.6) is 5.75 Å². The van der Waals surface area contributed by atoms with E-state index in [4.69, 9.17) is 10.5 Å². The SMILES string of the molecule is CN(C)C(=O)c1nc(N)ccc1OC1CC1. The molecule has 0 atom stereocenters. The number of nitrogens with zero attached hydrogens (tertiary/aromatic N) is 2. The number of nitrogen functional groups attached to an aromatic ring is 1. The van der Waals surface area contributed by atoms with Crippen LogP contribution >= 0.6 is 0 Å². The molecule has 0 saturated heterocycles. The normalized spacial score (nSPS) is 14.6. The van der Waals surface area contributed by atoms with Crippen LogP contribution in [0.25, 0.3) is 0 Å². The zero-order chi connectivity index (χ0) is 11.7. The Morgan fingerprint density at radius 2 is 2.19 bits per heavy atom. The average molecular weight is 221 g/mol. The highest BCUT2D eigenvalue weighted by Crippen LogP contribution is 2.29. The minimum atomic E-state index is -0.192. The minimum absolute atomic E-state index is 0.192. The summed E-state index contributed by atoms with van der Waals surface area (Å²) < 4.78 is 5.62. The van der Waals surface area contributed by atoms with Crippen LogP contribution in [0.3, 0.4) is 0 Å². The van der Waals surface area contributed by atoms with Crippen molar-refractivity contribution in [1.82, 2.24) is 9.88 Å². The van der Waals surface area contributed by atoms with Gasteiger partial charge in [-0.3, -0.25) is 4.79 Å². The maximum Gasteiger partial charge on any atom is 0.275 e. The van der Waals surface area contributed by atoms with Gasteiger partial charge in [-0.25, -0.2) is 4.98 Å². The van der Waals surface area contributed by atoms with Gasteiger partial charge in [-0.2, -0.15) is 0 Å². The summed E-state index contributed by atoms with van der Waals surface area (Å²) in [5.74, 6) is 0.659. The van der Waals surface area contributed by atoms with E-state index in [0.29, 0.717) is 11.6 Å². The van der Waals surface area contributed by atoms with E-state index in [1.54, 1.807) is 26.2 Å². The third-order valence-corrected chi connectivity index (χ3v) is 2.31. The van der Waals surface area contributed by atoms with Gasteiger partial charge < -0.3 is 15.4 Å². The van der Waals surface area contributed by atoms with E-state index in [9.17, 15) is 4.79 Å². The summed E-state index contributed by atoms with van der Waals surface area (Å²) in [4.78, 5) is 17.3. The zero-order valence-corrected chi connectivity index (χ0v) is 9.43. The van der Waals surface area contributed by atoms with Gasteiger partial charge in [0.15, 0.2) is 11.4 Å². The van der Waals surface area contributed by atoms with Crippen molar-refractivity contribution in [3.8, 4) is 5.75 Å². The molecule has 16 heavy (non-hydrogen) atoms. The number of amides is 1. The molecule has 2 N–H and O–H groups in total. The molecule has 1 aliphatic carbocycles. The third kappa shape index (κ3) is 2.24. The Kier molecular flexibility index (Phi) is 2.68. The van der Waals surface area contributed by atoms with Gasteiger partial charge in [-0.15, -0.1) is 0 Å². The summed E-state index contributed by atoms with van der Waals surface area (Å²) in [6.07, 6.45) is 2.32. The van der Waals surface area contributed by atoms with Crippen LogP contribution in [0.1, 0.15) is 23.3 Å². The van der Waals surface area contributed by atoms with Crippen molar-refractivity contribution >= 4 is 11.7 Å². The second-order valence-electron chi connectivity index (χ2n) is 4.10. The van der Waals surface area contributed by atoms with Crippen LogP contribution in [-0.4, -0.2) is 36.0 Å². The minimum Gasteiger partial charge on any atom is -0.488 e. The van der Waals surface area contributed by atoms with Crippen LogP contribution in [0.15, 0.2) is 12.1 Å². The molecule has 0 spiro atoms. The van der Waals surface area contributed by atoms with E-state index in [1.807, 2.05) is 0 Å². The fraction of sp³-hybridized carbons (Fsp3) is 0.455. The lowest BCUT2D eigenvalue weighted by molar-refractivity contribution is 0.0817. The predicted octanol–water partition coefficient (Wildman–Crippen LogP) is 0.907. The molecule has 5 heteroatoms. The Morgan fingerprint density at radius 1 is 1.50 bits per heavy atom. The maximum atomic E-state index is 11.8. The Bertz CT molecular complexity index is 414. The lowest BCUT2D eigenvalue weighted by Crippen LogP contribution is -2.24. The highest BCUT2D eigenvalue weighted by atomic mass is 16.5. The Morgan fingerprint density at radius 3 is 2.75 bits per heavy atom. The molecule has 0 radical (unpaired) electrons. The monoisotopic (exact) mass is 221 g/mol. The van der Waals surface area contributed by atoms with Gasteiger partial charge in [0.1, 0.15) is 5.82 Å². The van der Waals surface area contributed by atoms with Gasteiger partial charge in [0.05, 0.1) is 6.10 Å². The molecule has 0 bridgehead atoms. The Balaban J connectivity index is 2.30. The van der Waals surface area contributed by atoms with E-state index in [0.717, 1.165) is 12.8 Å². The van der Waals surface area contributed by atoms with Gasteiger partial charge in [0.25, 0.3) is 5.91 Å². The van der Waals surface area contributed by atoms with E-state index in [-0.39, 0.29) is 17.7 Å². The van der Waals surface area contributed by atoms with Crippen LogP contribution in [0, 0.1) is 0 Å².